The van der Waals surface area contributed by atoms with Crippen LogP contribution >= 0.6 is 0 Å². The summed E-state index contributed by atoms with van der Waals surface area (Å²) in [4.78, 5) is 10.6. The third kappa shape index (κ3) is 3.47. The third-order valence-electron chi connectivity index (χ3n) is 3.24. The molecule has 0 saturated carbocycles. The molecule has 0 aliphatic rings. The molecule has 0 aliphatic carbocycles. The highest BCUT2D eigenvalue weighted by Crippen LogP contribution is 2.29. The molecule has 0 N–H and O–H groups in total. The van der Waals surface area contributed by atoms with E-state index in [0.29, 0.717) is 30.5 Å². The molecule has 1 aromatic carbocycles. The Kier molecular flexibility index (Phi) is 4.84. The second-order valence-corrected chi connectivity index (χ2v) is 4.75. The molecule has 0 fully saturated rings. The lowest BCUT2D eigenvalue weighted by molar-refractivity contribution is -0.384. The zero-order valence-corrected chi connectivity index (χ0v) is 11.7. The van der Waals surface area contributed by atoms with Crippen LogP contribution < -0.4 is 0 Å². The van der Waals surface area contributed by atoms with Crippen molar-refractivity contribution in [3.8, 4) is 23.3 Å². The van der Waals surface area contributed by atoms with Gasteiger partial charge in [0.15, 0.2) is 0 Å². The highest BCUT2D eigenvalue weighted by molar-refractivity contribution is 5.72. The van der Waals surface area contributed by atoms with E-state index in [0.717, 1.165) is 0 Å². The van der Waals surface area contributed by atoms with Crippen LogP contribution in [0.3, 0.4) is 0 Å². The predicted octanol–water partition coefficient (Wildman–Crippen LogP) is 2.90. The highest BCUT2D eigenvalue weighted by Gasteiger charge is 2.16. The van der Waals surface area contributed by atoms with E-state index in [1.165, 1.54) is 6.07 Å². The first-order chi connectivity index (χ1) is 10.7. The fraction of sp³-hybridized carbons (Fsp3) is 0.267. The van der Waals surface area contributed by atoms with Crippen LogP contribution in [-0.4, -0.2) is 14.7 Å². The maximum Gasteiger partial charge on any atom is 0.277 e. The van der Waals surface area contributed by atoms with Crippen molar-refractivity contribution in [3.63, 3.8) is 0 Å². The van der Waals surface area contributed by atoms with Gasteiger partial charge in [-0.2, -0.15) is 15.6 Å². The van der Waals surface area contributed by atoms with Crippen LogP contribution in [0.5, 0.6) is 0 Å². The van der Waals surface area contributed by atoms with Crippen molar-refractivity contribution >= 4 is 5.69 Å². The summed E-state index contributed by atoms with van der Waals surface area (Å²) < 4.78 is 1.58. The summed E-state index contributed by atoms with van der Waals surface area (Å²) in [5, 5.41) is 32.8. The Bertz CT molecular complexity index is 754. The summed E-state index contributed by atoms with van der Waals surface area (Å²) in [6.45, 7) is 0.360. The topological polar surface area (TPSA) is 109 Å². The van der Waals surface area contributed by atoms with E-state index in [4.69, 9.17) is 10.5 Å². The molecule has 0 amide bonds. The Labute approximate surface area is 127 Å². The number of rotatable bonds is 6. The standard InChI is InChI=1S/C15H13N5O2/c16-7-3-4-12(8-17)10-19-11-13(9-18-19)14-5-1-2-6-15(14)20(21)22/h1-2,5-6,9,11-12H,3-4,10H2/t12-/m1/s1. The Morgan fingerprint density at radius 3 is 2.82 bits per heavy atom. The van der Waals surface area contributed by atoms with E-state index in [1.807, 2.05) is 6.07 Å². The van der Waals surface area contributed by atoms with E-state index in [1.54, 1.807) is 35.3 Å². The Hall–Kier alpha value is -3.19. The van der Waals surface area contributed by atoms with Crippen molar-refractivity contribution in [1.82, 2.24) is 9.78 Å². The summed E-state index contributed by atoms with van der Waals surface area (Å²) >= 11 is 0. The summed E-state index contributed by atoms with van der Waals surface area (Å²) in [5.74, 6) is -0.307. The van der Waals surface area contributed by atoms with Gasteiger partial charge >= 0.3 is 0 Å². The number of nitro benzene ring substituents is 1. The molecule has 1 heterocycles. The van der Waals surface area contributed by atoms with Crippen molar-refractivity contribution in [2.24, 2.45) is 5.92 Å². The molecular weight excluding hydrogens is 282 g/mol. The largest absolute Gasteiger partial charge is 0.277 e. The quantitative estimate of drug-likeness (QED) is 0.601. The molecule has 110 valence electrons. The van der Waals surface area contributed by atoms with Gasteiger partial charge in [-0.05, 0) is 12.5 Å². The number of benzene rings is 1. The van der Waals surface area contributed by atoms with Gasteiger partial charge in [-0.1, -0.05) is 12.1 Å². The molecule has 2 aromatic rings. The second kappa shape index (κ2) is 7.00. The van der Waals surface area contributed by atoms with Crippen LogP contribution in [-0.2, 0) is 6.54 Å². The molecule has 7 nitrogen and oxygen atoms in total. The van der Waals surface area contributed by atoms with Crippen LogP contribution in [0.2, 0.25) is 0 Å². The maximum atomic E-state index is 11.0. The summed E-state index contributed by atoms with van der Waals surface area (Å²) in [6.07, 6.45) is 4.02. The zero-order valence-electron chi connectivity index (χ0n) is 11.7. The number of nitro groups is 1. The third-order valence-corrected chi connectivity index (χ3v) is 3.24. The summed E-state index contributed by atoms with van der Waals surface area (Å²) in [5.41, 5.74) is 1.14. The fourth-order valence-electron chi connectivity index (χ4n) is 2.14. The number of aromatic nitrogens is 2. The van der Waals surface area contributed by atoms with Gasteiger partial charge < -0.3 is 0 Å². The van der Waals surface area contributed by atoms with Gasteiger partial charge in [0.1, 0.15) is 0 Å². The molecule has 0 spiro atoms. The molecule has 7 heteroatoms. The van der Waals surface area contributed by atoms with Gasteiger partial charge in [-0.3, -0.25) is 14.8 Å². The molecule has 0 bridgehead atoms. The van der Waals surface area contributed by atoms with E-state index in [2.05, 4.69) is 11.2 Å². The molecule has 1 atom stereocenters. The lowest BCUT2D eigenvalue weighted by atomic mass is 10.1. The number of hydrogen-bond acceptors (Lipinski definition) is 5. The number of nitrogens with zero attached hydrogens (tertiary/aromatic N) is 5. The molecule has 0 radical (unpaired) electrons. The first kappa shape index (κ1) is 15.2. The van der Waals surface area contributed by atoms with Gasteiger partial charge in [0, 0.05) is 24.2 Å². The average molecular weight is 295 g/mol. The first-order valence-corrected chi connectivity index (χ1v) is 6.68. The summed E-state index contributed by atoms with van der Waals surface area (Å²) in [7, 11) is 0. The van der Waals surface area contributed by atoms with Gasteiger partial charge in [0.25, 0.3) is 5.69 Å². The van der Waals surface area contributed by atoms with Crippen molar-refractivity contribution in [3.05, 3.63) is 46.8 Å². The lowest BCUT2D eigenvalue weighted by Crippen LogP contribution is -2.09. The Balaban J connectivity index is 2.21. The van der Waals surface area contributed by atoms with Crippen molar-refractivity contribution in [1.29, 1.82) is 10.5 Å². The van der Waals surface area contributed by atoms with Gasteiger partial charge in [-0.25, -0.2) is 0 Å². The van der Waals surface area contributed by atoms with Crippen LogP contribution in [0, 0.1) is 38.7 Å². The summed E-state index contributed by atoms with van der Waals surface area (Å²) in [6, 6.07) is 10.6. The normalized spacial score (nSPS) is 11.4. The monoisotopic (exact) mass is 295 g/mol. The number of para-hydroxylation sites is 1. The lowest BCUT2D eigenvalue weighted by Gasteiger charge is -2.06. The SMILES string of the molecule is N#CCC[C@H](C#N)Cn1cc(-c2ccccc2[N+](=O)[O-])cn1. The van der Waals surface area contributed by atoms with Crippen molar-refractivity contribution in [2.45, 2.75) is 19.4 Å². The van der Waals surface area contributed by atoms with Crippen LogP contribution in [0.15, 0.2) is 36.7 Å². The molecule has 0 aliphatic heterocycles. The molecular formula is C15H13N5O2. The van der Waals surface area contributed by atoms with Crippen LogP contribution in [0.4, 0.5) is 5.69 Å². The van der Waals surface area contributed by atoms with E-state index in [9.17, 15) is 10.1 Å². The van der Waals surface area contributed by atoms with E-state index >= 15 is 0 Å². The van der Waals surface area contributed by atoms with E-state index in [-0.39, 0.29) is 11.6 Å². The molecule has 22 heavy (non-hydrogen) atoms. The van der Waals surface area contributed by atoms with E-state index < -0.39 is 4.92 Å². The first-order valence-electron chi connectivity index (χ1n) is 6.68. The smallest absolute Gasteiger partial charge is 0.271 e. The number of hydrogen-bond donors (Lipinski definition) is 0. The van der Waals surface area contributed by atoms with Crippen LogP contribution in [0.1, 0.15) is 12.8 Å². The zero-order chi connectivity index (χ0) is 15.9. The maximum absolute atomic E-state index is 11.0. The minimum atomic E-state index is -0.433. The van der Waals surface area contributed by atoms with Gasteiger partial charge in [-0.15, -0.1) is 0 Å². The Morgan fingerprint density at radius 2 is 2.14 bits per heavy atom. The Morgan fingerprint density at radius 1 is 1.36 bits per heavy atom. The van der Waals surface area contributed by atoms with Crippen LogP contribution in [0.25, 0.3) is 11.1 Å². The molecule has 2 rings (SSSR count). The fourth-order valence-corrected chi connectivity index (χ4v) is 2.14. The minimum absolute atomic E-state index is 0.0170. The van der Waals surface area contributed by atoms with Crippen molar-refractivity contribution < 1.29 is 4.92 Å². The minimum Gasteiger partial charge on any atom is -0.271 e. The average Bonchev–Trinajstić information content (AvgIpc) is 2.99. The molecule has 1 aromatic heterocycles. The van der Waals surface area contributed by atoms with Gasteiger partial charge in [0.05, 0.1) is 41.3 Å². The predicted molar refractivity (Wildman–Crippen MR) is 78.3 cm³/mol. The molecule has 0 saturated heterocycles. The molecule has 0 unspecified atom stereocenters. The highest BCUT2D eigenvalue weighted by atomic mass is 16.6. The van der Waals surface area contributed by atoms with Crippen molar-refractivity contribution in [2.75, 3.05) is 0 Å². The van der Waals surface area contributed by atoms with Gasteiger partial charge in [0.2, 0.25) is 0 Å². The second-order valence-electron chi connectivity index (χ2n) is 4.75. The number of nitriles is 2.